The van der Waals surface area contributed by atoms with Gasteiger partial charge in [0, 0.05) is 42.4 Å². The second-order valence-corrected chi connectivity index (χ2v) is 7.78. The van der Waals surface area contributed by atoms with E-state index < -0.39 is 0 Å². The molecule has 29 heavy (non-hydrogen) atoms. The predicted octanol–water partition coefficient (Wildman–Crippen LogP) is 3.20. The molecule has 0 aromatic heterocycles. The van der Waals surface area contributed by atoms with Gasteiger partial charge in [0.05, 0.1) is 0 Å². The van der Waals surface area contributed by atoms with Gasteiger partial charge in [-0.05, 0) is 61.6 Å². The monoisotopic (exact) mass is 391 g/mol. The molecule has 2 aliphatic carbocycles. The minimum atomic E-state index is -0.128. The number of carbonyl (C=O) groups excluding carboxylic acids is 3. The van der Waals surface area contributed by atoms with Gasteiger partial charge in [-0.15, -0.1) is 0 Å². The molecule has 0 bridgehead atoms. The average molecular weight is 391 g/mol. The highest BCUT2D eigenvalue weighted by molar-refractivity contribution is 5.98. The van der Waals surface area contributed by atoms with Crippen molar-refractivity contribution in [1.29, 1.82) is 0 Å². The number of anilines is 1. The minimum absolute atomic E-state index is 0.0323. The highest BCUT2D eigenvalue weighted by atomic mass is 16.2. The maximum absolute atomic E-state index is 13.2. The number of rotatable bonds is 7. The first-order chi connectivity index (χ1) is 14.0. The SMILES string of the molecule is CNC(=O)c1ccc(CN(C(=O)c2cccc(NC(=O)C3CC3)c2)C2CC2)cc1. The Morgan fingerprint density at radius 1 is 0.966 bits per heavy atom. The van der Waals surface area contributed by atoms with E-state index in [1.165, 1.54) is 0 Å². The van der Waals surface area contributed by atoms with Crippen LogP contribution in [-0.4, -0.2) is 35.7 Å². The Hall–Kier alpha value is -3.15. The second kappa shape index (κ2) is 8.07. The number of hydrogen-bond donors (Lipinski definition) is 2. The van der Waals surface area contributed by atoms with Gasteiger partial charge in [0.1, 0.15) is 0 Å². The molecule has 0 unspecified atom stereocenters. The molecular formula is C23H25N3O3. The Balaban J connectivity index is 1.47. The summed E-state index contributed by atoms with van der Waals surface area (Å²) in [6.45, 7) is 0.496. The van der Waals surface area contributed by atoms with Crippen LogP contribution >= 0.6 is 0 Å². The molecule has 3 amide bonds. The third-order valence-electron chi connectivity index (χ3n) is 5.37. The van der Waals surface area contributed by atoms with Crippen molar-refractivity contribution >= 4 is 23.4 Å². The summed E-state index contributed by atoms with van der Waals surface area (Å²) in [5.74, 6) is -0.0120. The van der Waals surface area contributed by atoms with Gasteiger partial charge in [-0.25, -0.2) is 0 Å². The van der Waals surface area contributed by atoms with Gasteiger partial charge in [-0.1, -0.05) is 18.2 Å². The smallest absolute Gasteiger partial charge is 0.254 e. The normalized spacial score (nSPS) is 15.5. The maximum atomic E-state index is 13.2. The summed E-state index contributed by atoms with van der Waals surface area (Å²) in [6.07, 6.45) is 3.89. The van der Waals surface area contributed by atoms with Crippen LogP contribution in [0.4, 0.5) is 5.69 Å². The van der Waals surface area contributed by atoms with Crippen LogP contribution in [-0.2, 0) is 11.3 Å². The maximum Gasteiger partial charge on any atom is 0.254 e. The third-order valence-corrected chi connectivity index (χ3v) is 5.37. The number of amides is 3. The Bertz CT molecular complexity index is 931. The lowest BCUT2D eigenvalue weighted by molar-refractivity contribution is -0.117. The van der Waals surface area contributed by atoms with Crippen molar-refractivity contribution in [1.82, 2.24) is 10.2 Å². The second-order valence-electron chi connectivity index (χ2n) is 7.78. The number of nitrogens with one attached hydrogen (secondary N) is 2. The molecule has 2 aliphatic rings. The molecule has 2 saturated carbocycles. The van der Waals surface area contributed by atoms with E-state index in [2.05, 4.69) is 10.6 Å². The van der Waals surface area contributed by atoms with E-state index in [9.17, 15) is 14.4 Å². The van der Waals surface area contributed by atoms with Gasteiger partial charge in [-0.3, -0.25) is 14.4 Å². The van der Waals surface area contributed by atoms with Crippen LogP contribution in [0.25, 0.3) is 0 Å². The lowest BCUT2D eigenvalue weighted by atomic mass is 10.1. The van der Waals surface area contributed by atoms with Crippen LogP contribution in [0.2, 0.25) is 0 Å². The average Bonchev–Trinajstić information content (AvgIpc) is 3.64. The molecule has 0 heterocycles. The quantitative estimate of drug-likeness (QED) is 0.761. The van der Waals surface area contributed by atoms with Crippen LogP contribution in [0.3, 0.4) is 0 Å². The van der Waals surface area contributed by atoms with E-state index in [1.807, 2.05) is 23.1 Å². The zero-order valence-electron chi connectivity index (χ0n) is 16.5. The number of benzene rings is 2. The van der Waals surface area contributed by atoms with Crippen LogP contribution in [0.15, 0.2) is 48.5 Å². The minimum Gasteiger partial charge on any atom is -0.355 e. The summed E-state index contributed by atoms with van der Waals surface area (Å²) in [7, 11) is 1.60. The van der Waals surface area contributed by atoms with Crippen molar-refractivity contribution in [3.05, 3.63) is 65.2 Å². The summed E-state index contributed by atoms with van der Waals surface area (Å²) in [4.78, 5) is 38.8. The van der Waals surface area contributed by atoms with E-state index in [0.29, 0.717) is 23.4 Å². The first-order valence-electron chi connectivity index (χ1n) is 10.1. The Morgan fingerprint density at radius 2 is 1.69 bits per heavy atom. The highest BCUT2D eigenvalue weighted by Crippen LogP contribution is 2.32. The molecule has 2 N–H and O–H groups in total. The van der Waals surface area contributed by atoms with Crippen molar-refractivity contribution in [2.45, 2.75) is 38.3 Å². The zero-order valence-corrected chi connectivity index (χ0v) is 16.5. The van der Waals surface area contributed by atoms with Crippen molar-refractivity contribution in [2.24, 2.45) is 5.92 Å². The van der Waals surface area contributed by atoms with Crippen molar-refractivity contribution in [3.63, 3.8) is 0 Å². The van der Waals surface area contributed by atoms with Crippen LogP contribution < -0.4 is 10.6 Å². The zero-order chi connectivity index (χ0) is 20.4. The van der Waals surface area contributed by atoms with E-state index in [-0.39, 0.29) is 29.7 Å². The number of hydrogen-bond acceptors (Lipinski definition) is 3. The van der Waals surface area contributed by atoms with Gasteiger partial charge in [0.15, 0.2) is 0 Å². The van der Waals surface area contributed by atoms with Crippen LogP contribution in [0, 0.1) is 5.92 Å². The molecule has 150 valence electrons. The van der Waals surface area contributed by atoms with Gasteiger partial charge in [0.25, 0.3) is 11.8 Å². The van der Waals surface area contributed by atoms with Gasteiger partial charge in [-0.2, -0.15) is 0 Å². The van der Waals surface area contributed by atoms with Gasteiger partial charge in [0.2, 0.25) is 5.91 Å². The number of nitrogens with zero attached hydrogens (tertiary/aromatic N) is 1. The fraction of sp³-hybridized carbons (Fsp3) is 0.348. The molecule has 6 heteroatoms. The first kappa shape index (κ1) is 19.2. The van der Waals surface area contributed by atoms with Crippen molar-refractivity contribution < 1.29 is 14.4 Å². The standard InChI is InChI=1S/C23H25N3O3/c1-24-21(27)16-7-5-15(6-8-16)14-26(20-11-12-20)23(29)18-3-2-4-19(13-18)25-22(28)17-9-10-17/h2-8,13,17,20H,9-12,14H2,1H3,(H,24,27)(H,25,28). The molecule has 0 atom stereocenters. The molecule has 4 rings (SSSR count). The lowest BCUT2D eigenvalue weighted by Crippen LogP contribution is -2.32. The van der Waals surface area contributed by atoms with Crippen LogP contribution in [0.1, 0.15) is 52.0 Å². The van der Waals surface area contributed by atoms with E-state index >= 15 is 0 Å². The molecule has 0 aliphatic heterocycles. The van der Waals surface area contributed by atoms with Crippen LogP contribution in [0.5, 0.6) is 0 Å². The molecule has 2 aromatic carbocycles. The molecule has 2 aromatic rings. The van der Waals surface area contributed by atoms with E-state index in [4.69, 9.17) is 0 Å². The van der Waals surface area contributed by atoms with Crippen molar-refractivity contribution in [3.8, 4) is 0 Å². The Labute approximate surface area is 170 Å². The lowest BCUT2D eigenvalue weighted by Gasteiger charge is -2.23. The summed E-state index contributed by atoms with van der Waals surface area (Å²) in [5.41, 5.74) is 2.82. The van der Waals surface area contributed by atoms with E-state index in [0.717, 1.165) is 31.2 Å². The largest absolute Gasteiger partial charge is 0.355 e. The summed E-state index contributed by atoms with van der Waals surface area (Å²) >= 11 is 0. The van der Waals surface area contributed by atoms with Crippen molar-refractivity contribution in [2.75, 3.05) is 12.4 Å². The third kappa shape index (κ3) is 4.65. The Morgan fingerprint density at radius 3 is 2.31 bits per heavy atom. The summed E-state index contributed by atoms with van der Waals surface area (Å²) in [5, 5.41) is 5.51. The predicted molar refractivity (Wildman–Crippen MR) is 111 cm³/mol. The Kier molecular flexibility index (Phi) is 5.34. The fourth-order valence-corrected chi connectivity index (χ4v) is 3.34. The molecule has 0 spiro atoms. The van der Waals surface area contributed by atoms with Gasteiger partial charge >= 0.3 is 0 Å². The first-order valence-corrected chi connectivity index (χ1v) is 10.1. The van der Waals surface area contributed by atoms with Gasteiger partial charge < -0.3 is 15.5 Å². The summed E-state index contributed by atoms with van der Waals surface area (Å²) < 4.78 is 0. The number of carbonyl (C=O) groups is 3. The molecule has 0 saturated heterocycles. The molecule has 0 radical (unpaired) electrons. The molecule has 2 fully saturated rings. The fourth-order valence-electron chi connectivity index (χ4n) is 3.34. The molecule has 6 nitrogen and oxygen atoms in total. The topological polar surface area (TPSA) is 78.5 Å². The molecular weight excluding hydrogens is 366 g/mol. The highest BCUT2D eigenvalue weighted by Gasteiger charge is 2.33. The summed E-state index contributed by atoms with van der Waals surface area (Å²) in [6, 6.07) is 14.7. The van der Waals surface area contributed by atoms with E-state index in [1.54, 1.807) is 37.4 Å².